The Kier molecular flexibility index (Phi) is 4.64. The molecule has 0 radical (unpaired) electrons. The Bertz CT molecular complexity index is 609. The van der Waals surface area contributed by atoms with Crippen LogP contribution in [-0.4, -0.2) is 12.9 Å². The third-order valence-electron chi connectivity index (χ3n) is 2.88. The molecule has 0 amide bonds. The molecule has 20 heavy (non-hydrogen) atoms. The minimum Gasteiger partial charge on any atom is -0.494 e. The van der Waals surface area contributed by atoms with Crippen molar-refractivity contribution in [3.63, 3.8) is 0 Å². The second kappa shape index (κ2) is 6.44. The summed E-state index contributed by atoms with van der Waals surface area (Å²) in [5.41, 5.74) is 1.49. The van der Waals surface area contributed by atoms with Gasteiger partial charge >= 0.3 is 0 Å². The van der Waals surface area contributed by atoms with Crippen LogP contribution in [0.3, 0.4) is 0 Å². The fraction of sp³-hybridized carbons (Fsp3) is 0.188. The summed E-state index contributed by atoms with van der Waals surface area (Å²) < 4.78 is 10.9. The first-order valence-corrected chi connectivity index (χ1v) is 6.55. The molecule has 0 atom stereocenters. The van der Waals surface area contributed by atoms with Crippen LogP contribution in [0.5, 0.6) is 11.5 Å². The first-order valence-electron chi connectivity index (χ1n) is 6.17. The van der Waals surface area contributed by atoms with E-state index in [-0.39, 0.29) is 5.78 Å². The molecule has 0 bridgehead atoms. The quantitative estimate of drug-likeness (QED) is 0.777. The maximum Gasteiger partial charge on any atom is 0.163 e. The molecule has 0 aliphatic rings. The molecule has 4 heteroatoms. The molecule has 0 N–H and O–H groups in total. The molecule has 0 heterocycles. The number of ether oxygens (including phenoxy) is 2. The minimum atomic E-state index is -0.0987. The van der Waals surface area contributed by atoms with Crippen molar-refractivity contribution in [2.24, 2.45) is 0 Å². The van der Waals surface area contributed by atoms with Gasteiger partial charge in [-0.05, 0) is 24.6 Å². The second-order valence-corrected chi connectivity index (χ2v) is 4.67. The topological polar surface area (TPSA) is 35.5 Å². The minimum absolute atomic E-state index is 0.0987. The first-order chi connectivity index (χ1) is 9.63. The van der Waals surface area contributed by atoms with Crippen LogP contribution in [0.4, 0.5) is 0 Å². The molecule has 0 spiro atoms. The van der Waals surface area contributed by atoms with Gasteiger partial charge in [-0.3, -0.25) is 4.79 Å². The van der Waals surface area contributed by atoms with Crippen LogP contribution in [0.15, 0.2) is 42.5 Å². The molecule has 104 valence electrons. The number of benzene rings is 2. The Morgan fingerprint density at radius 1 is 1.15 bits per heavy atom. The van der Waals surface area contributed by atoms with Gasteiger partial charge in [0.05, 0.1) is 12.7 Å². The summed E-state index contributed by atoms with van der Waals surface area (Å²) in [4.78, 5) is 11.5. The third-order valence-corrected chi connectivity index (χ3v) is 3.24. The van der Waals surface area contributed by atoms with E-state index >= 15 is 0 Å². The van der Waals surface area contributed by atoms with Crippen molar-refractivity contribution in [3.05, 3.63) is 58.6 Å². The summed E-state index contributed by atoms with van der Waals surface area (Å²) >= 11 is 6.22. The lowest BCUT2D eigenvalue weighted by molar-refractivity contribution is 0.101. The second-order valence-electron chi connectivity index (χ2n) is 4.29. The van der Waals surface area contributed by atoms with E-state index in [1.165, 1.54) is 14.0 Å². The lowest BCUT2D eigenvalue weighted by Crippen LogP contribution is -2.01. The summed E-state index contributed by atoms with van der Waals surface area (Å²) in [7, 11) is 1.48. The van der Waals surface area contributed by atoms with Crippen LogP contribution >= 0.6 is 11.6 Å². The average Bonchev–Trinajstić information content (AvgIpc) is 2.46. The van der Waals surface area contributed by atoms with Crippen LogP contribution in [0.25, 0.3) is 0 Å². The molecule has 0 unspecified atom stereocenters. The maximum atomic E-state index is 11.5. The van der Waals surface area contributed by atoms with E-state index in [1.807, 2.05) is 30.3 Å². The monoisotopic (exact) mass is 290 g/mol. The van der Waals surface area contributed by atoms with Gasteiger partial charge in [-0.25, -0.2) is 0 Å². The molecule has 0 aromatic heterocycles. The van der Waals surface area contributed by atoms with E-state index in [4.69, 9.17) is 21.1 Å². The van der Waals surface area contributed by atoms with Gasteiger partial charge in [0.1, 0.15) is 17.4 Å². The number of methoxy groups -OCH3 is 1. The standard InChI is InChI=1S/C16H15ClO3/c1-11(18)13-8-9-14(15(17)16(13)19-2)20-10-12-6-4-3-5-7-12/h3-9H,10H2,1-2H3. The summed E-state index contributed by atoms with van der Waals surface area (Å²) in [6.45, 7) is 1.88. The van der Waals surface area contributed by atoms with Crippen molar-refractivity contribution >= 4 is 17.4 Å². The van der Waals surface area contributed by atoms with Gasteiger partial charge in [-0.15, -0.1) is 0 Å². The highest BCUT2D eigenvalue weighted by atomic mass is 35.5. The highest BCUT2D eigenvalue weighted by Crippen LogP contribution is 2.37. The van der Waals surface area contributed by atoms with Crippen molar-refractivity contribution in [2.75, 3.05) is 7.11 Å². The predicted molar refractivity (Wildman–Crippen MR) is 78.8 cm³/mol. The zero-order valence-electron chi connectivity index (χ0n) is 11.4. The summed E-state index contributed by atoms with van der Waals surface area (Å²) in [5, 5.41) is 0.316. The summed E-state index contributed by atoms with van der Waals surface area (Å²) in [6.07, 6.45) is 0. The fourth-order valence-corrected chi connectivity index (χ4v) is 2.16. The Morgan fingerprint density at radius 3 is 2.45 bits per heavy atom. The number of hydrogen-bond donors (Lipinski definition) is 0. The number of halogens is 1. The number of rotatable bonds is 5. The van der Waals surface area contributed by atoms with Gasteiger partial charge < -0.3 is 9.47 Å². The molecular formula is C16H15ClO3. The van der Waals surface area contributed by atoms with E-state index in [2.05, 4.69) is 0 Å². The Balaban J connectivity index is 2.23. The van der Waals surface area contributed by atoms with E-state index in [9.17, 15) is 4.79 Å². The van der Waals surface area contributed by atoms with E-state index < -0.39 is 0 Å². The van der Waals surface area contributed by atoms with Crippen LogP contribution in [0, 0.1) is 0 Å². The van der Waals surface area contributed by atoms with E-state index in [0.717, 1.165) is 5.56 Å². The summed E-state index contributed by atoms with van der Waals surface area (Å²) in [5.74, 6) is 0.750. The van der Waals surface area contributed by atoms with Gasteiger partial charge in [0.25, 0.3) is 0 Å². The molecule has 0 aliphatic carbocycles. The van der Waals surface area contributed by atoms with Gasteiger partial charge in [0.2, 0.25) is 0 Å². The van der Waals surface area contributed by atoms with Gasteiger partial charge in [-0.1, -0.05) is 41.9 Å². The van der Waals surface area contributed by atoms with Gasteiger partial charge in [0.15, 0.2) is 11.5 Å². The largest absolute Gasteiger partial charge is 0.494 e. The number of carbonyl (C=O) groups is 1. The van der Waals surface area contributed by atoms with Crippen LogP contribution < -0.4 is 9.47 Å². The van der Waals surface area contributed by atoms with Crippen LogP contribution in [-0.2, 0) is 6.61 Å². The zero-order valence-corrected chi connectivity index (χ0v) is 12.1. The molecule has 2 aromatic carbocycles. The normalized spacial score (nSPS) is 10.2. The Hall–Kier alpha value is -2.00. The fourth-order valence-electron chi connectivity index (χ4n) is 1.86. The molecule has 0 aliphatic heterocycles. The highest BCUT2D eigenvalue weighted by Gasteiger charge is 2.16. The van der Waals surface area contributed by atoms with Crippen molar-refractivity contribution < 1.29 is 14.3 Å². The summed E-state index contributed by atoms with van der Waals surface area (Å²) in [6, 6.07) is 13.1. The Labute approximate surface area is 123 Å². The molecule has 0 fully saturated rings. The molecule has 0 saturated heterocycles. The number of hydrogen-bond acceptors (Lipinski definition) is 3. The molecule has 2 aromatic rings. The number of carbonyl (C=O) groups excluding carboxylic acids is 1. The lowest BCUT2D eigenvalue weighted by atomic mass is 10.1. The number of Topliss-reactive ketones (excluding diaryl/α,β-unsaturated/α-hetero) is 1. The van der Waals surface area contributed by atoms with Crippen molar-refractivity contribution in [3.8, 4) is 11.5 Å². The van der Waals surface area contributed by atoms with Crippen molar-refractivity contribution in [1.82, 2.24) is 0 Å². The van der Waals surface area contributed by atoms with Gasteiger partial charge in [0, 0.05) is 0 Å². The van der Waals surface area contributed by atoms with E-state index in [0.29, 0.717) is 28.7 Å². The smallest absolute Gasteiger partial charge is 0.163 e. The molecule has 0 saturated carbocycles. The lowest BCUT2D eigenvalue weighted by Gasteiger charge is -2.13. The first kappa shape index (κ1) is 14.4. The van der Waals surface area contributed by atoms with Crippen molar-refractivity contribution in [1.29, 1.82) is 0 Å². The zero-order chi connectivity index (χ0) is 14.5. The third kappa shape index (κ3) is 3.11. The Morgan fingerprint density at radius 2 is 1.85 bits per heavy atom. The highest BCUT2D eigenvalue weighted by molar-refractivity contribution is 6.34. The van der Waals surface area contributed by atoms with Gasteiger partial charge in [-0.2, -0.15) is 0 Å². The molecule has 2 rings (SSSR count). The average molecular weight is 291 g/mol. The maximum absolute atomic E-state index is 11.5. The van der Waals surface area contributed by atoms with Crippen molar-refractivity contribution in [2.45, 2.75) is 13.5 Å². The predicted octanol–water partition coefficient (Wildman–Crippen LogP) is 4.13. The molecular weight excluding hydrogens is 276 g/mol. The van der Waals surface area contributed by atoms with Crippen LogP contribution in [0.1, 0.15) is 22.8 Å². The number of ketones is 1. The SMILES string of the molecule is COc1c(C(C)=O)ccc(OCc2ccccc2)c1Cl. The molecule has 3 nitrogen and oxygen atoms in total. The van der Waals surface area contributed by atoms with Crippen LogP contribution in [0.2, 0.25) is 5.02 Å². The van der Waals surface area contributed by atoms with E-state index in [1.54, 1.807) is 12.1 Å².